The van der Waals surface area contributed by atoms with E-state index >= 15 is 0 Å². The second kappa shape index (κ2) is 11.6. The SMILES string of the molecule is COc1ccc(CCN2C(=O)[C@H](CC(C)C)NC23CCN(S(=O)(=O)c2cccc(C(F)(F)F)c2)CC3)cc1OC. The van der Waals surface area contributed by atoms with Gasteiger partial charge in [-0.15, -0.1) is 0 Å². The highest BCUT2D eigenvalue weighted by molar-refractivity contribution is 7.89. The van der Waals surface area contributed by atoms with Gasteiger partial charge in [0.2, 0.25) is 15.9 Å². The minimum Gasteiger partial charge on any atom is -0.493 e. The van der Waals surface area contributed by atoms with E-state index in [0.717, 1.165) is 17.7 Å². The summed E-state index contributed by atoms with van der Waals surface area (Å²) >= 11 is 0. The Morgan fingerprint density at radius 2 is 1.73 bits per heavy atom. The van der Waals surface area contributed by atoms with Gasteiger partial charge in [0.1, 0.15) is 0 Å². The number of halogens is 3. The average molecular weight is 584 g/mol. The highest BCUT2D eigenvalue weighted by Crippen LogP contribution is 2.37. The third-order valence-electron chi connectivity index (χ3n) is 7.65. The van der Waals surface area contributed by atoms with Crippen LogP contribution in [0.4, 0.5) is 13.2 Å². The minimum absolute atomic E-state index is 0.0247. The summed E-state index contributed by atoms with van der Waals surface area (Å²) < 4.78 is 78.1. The number of nitrogens with one attached hydrogen (secondary N) is 1. The highest BCUT2D eigenvalue weighted by atomic mass is 32.2. The Morgan fingerprint density at radius 3 is 2.33 bits per heavy atom. The summed E-state index contributed by atoms with van der Waals surface area (Å²) in [5.41, 5.74) is -0.798. The summed E-state index contributed by atoms with van der Waals surface area (Å²) in [6, 6.07) is 9.01. The number of sulfonamides is 1. The molecule has 1 atom stereocenters. The van der Waals surface area contributed by atoms with Gasteiger partial charge in [0.15, 0.2) is 11.5 Å². The van der Waals surface area contributed by atoms with E-state index in [1.165, 1.54) is 10.4 Å². The molecule has 0 aromatic heterocycles. The van der Waals surface area contributed by atoms with Crippen molar-refractivity contribution in [2.24, 2.45) is 5.92 Å². The molecule has 0 unspecified atom stereocenters. The lowest BCUT2D eigenvalue weighted by molar-refractivity contribution is -0.137. The molecule has 0 bridgehead atoms. The van der Waals surface area contributed by atoms with Gasteiger partial charge in [0, 0.05) is 19.6 Å². The fourth-order valence-electron chi connectivity index (χ4n) is 5.59. The lowest BCUT2D eigenvalue weighted by atomic mass is 9.96. The predicted octanol–water partition coefficient (Wildman–Crippen LogP) is 4.29. The van der Waals surface area contributed by atoms with E-state index in [0.29, 0.717) is 49.8 Å². The number of hydrogen-bond donors (Lipinski definition) is 1. The largest absolute Gasteiger partial charge is 0.493 e. The Bertz CT molecular complexity index is 1320. The normalized spacial score (nSPS) is 19.9. The zero-order chi connectivity index (χ0) is 29.3. The van der Waals surface area contributed by atoms with Gasteiger partial charge in [-0.2, -0.15) is 17.5 Å². The number of alkyl halides is 3. The smallest absolute Gasteiger partial charge is 0.416 e. The first-order valence-corrected chi connectivity index (χ1v) is 14.7. The number of nitrogens with zero attached hydrogens (tertiary/aromatic N) is 2. The number of benzene rings is 2. The fraction of sp³-hybridized carbons (Fsp3) is 0.536. The third-order valence-corrected chi connectivity index (χ3v) is 9.55. The molecule has 0 radical (unpaired) electrons. The second-order valence-electron chi connectivity index (χ2n) is 10.7. The van der Waals surface area contributed by atoms with Gasteiger partial charge in [-0.3, -0.25) is 10.1 Å². The van der Waals surface area contributed by atoms with Crippen LogP contribution in [0.1, 0.15) is 44.2 Å². The molecule has 2 heterocycles. The van der Waals surface area contributed by atoms with Crippen LogP contribution < -0.4 is 14.8 Å². The number of rotatable bonds is 9. The molecule has 1 spiro atoms. The van der Waals surface area contributed by atoms with Crippen LogP contribution in [0, 0.1) is 5.92 Å². The van der Waals surface area contributed by atoms with Gasteiger partial charge < -0.3 is 14.4 Å². The van der Waals surface area contributed by atoms with E-state index in [1.807, 2.05) is 36.9 Å². The fourth-order valence-corrected chi connectivity index (χ4v) is 7.08. The predicted molar refractivity (Wildman–Crippen MR) is 144 cm³/mol. The summed E-state index contributed by atoms with van der Waals surface area (Å²) in [4.78, 5) is 15.0. The van der Waals surface area contributed by atoms with E-state index in [2.05, 4.69) is 5.32 Å². The van der Waals surface area contributed by atoms with E-state index in [-0.39, 0.29) is 24.9 Å². The second-order valence-corrected chi connectivity index (χ2v) is 12.7. The van der Waals surface area contributed by atoms with Crippen molar-refractivity contribution in [3.05, 3.63) is 53.6 Å². The summed E-state index contributed by atoms with van der Waals surface area (Å²) in [6.07, 6.45) is -2.82. The molecule has 2 saturated heterocycles. The molecule has 1 N–H and O–H groups in total. The number of ether oxygens (including phenoxy) is 2. The van der Waals surface area contributed by atoms with Crippen molar-refractivity contribution in [2.45, 2.75) is 62.3 Å². The first-order chi connectivity index (χ1) is 18.8. The van der Waals surface area contributed by atoms with E-state index in [9.17, 15) is 26.4 Å². The van der Waals surface area contributed by atoms with Crippen molar-refractivity contribution in [2.75, 3.05) is 33.9 Å². The molecule has 8 nitrogen and oxygen atoms in total. The summed E-state index contributed by atoms with van der Waals surface area (Å²) in [7, 11) is -1.03. The van der Waals surface area contributed by atoms with Crippen LogP contribution in [0.25, 0.3) is 0 Å². The number of methoxy groups -OCH3 is 2. The van der Waals surface area contributed by atoms with Crippen LogP contribution in [0.3, 0.4) is 0 Å². The molecule has 0 aliphatic carbocycles. The molecular weight excluding hydrogens is 547 g/mol. The first kappa shape index (κ1) is 30.1. The van der Waals surface area contributed by atoms with Crippen LogP contribution in [0.5, 0.6) is 11.5 Å². The van der Waals surface area contributed by atoms with Crippen LogP contribution in [0.15, 0.2) is 47.4 Å². The maximum Gasteiger partial charge on any atom is 0.416 e. The molecule has 2 fully saturated rings. The molecule has 2 aliphatic heterocycles. The maximum absolute atomic E-state index is 13.6. The molecule has 2 aromatic carbocycles. The number of carbonyl (C=O) groups excluding carboxylic acids is 1. The number of hydrogen-bond acceptors (Lipinski definition) is 6. The summed E-state index contributed by atoms with van der Waals surface area (Å²) in [5.74, 6) is 1.44. The summed E-state index contributed by atoms with van der Waals surface area (Å²) in [5, 5.41) is 3.52. The van der Waals surface area contributed by atoms with Gasteiger partial charge in [-0.05, 0) is 67.5 Å². The molecule has 2 aliphatic rings. The van der Waals surface area contributed by atoms with Crippen molar-refractivity contribution in [1.82, 2.24) is 14.5 Å². The van der Waals surface area contributed by atoms with Gasteiger partial charge in [-0.25, -0.2) is 8.42 Å². The monoisotopic (exact) mass is 583 g/mol. The standard InChI is InChI=1S/C28H36F3N3O5S/c1-19(2)16-23-26(35)34(13-10-20-8-9-24(38-3)25(17-20)39-4)27(32-23)11-14-33(15-12-27)40(36,37)22-7-5-6-21(18-22)28(29,30)31/h5-9,17-19,23,32H,10-16H2,1-4H3/t23-/m0/s1. The van der Waals surface area contributed by atoms with E-state index in [1.54, 1.807) is 14.2 Å². The number of piperidine rings is 1. The van der Waals surface area contributed by atoms with Gasteiger partial charge >= 0.3 is 6.18 Å². The molecular formula is C28H36F3N3O5S. The summed E-state index contributed by atoms with van der Waals surface area (Å²) in [6.45, 7) is 4.63. The first-order valence-electron chi connectivity index (χ1n) is 13.3. The van der Waals surface area contributed by atoms with Crippen molar-refractivity contribution in [3.63, 3.8) is 0 Å². The Labute approximate surface area is 233 Å². The third kappa shape index (κ3) is 6.08. The maximum atomic E-state index is 13.6. The lowest BCUT2D eigenvalue weighted by Gasteiger charge is -2.44. The molecule has 1 amide bonds. The minimum atomic E-state index is -4.65. The number of carbonyl (C=O) groups is 1. The van der Waals surface area contributed by atoms with E-state index in [4.69, 9.17) is 9.47 Å². The van der Waals surface area contributed by atoms with Crippen LogP contribution >= 0.6 is 0 Å². The van der Waals surface area contributed by atoms with Crippen molar-refractivity contribution < 1.29 is 35.9 Å². The highest BCUT2D eigenvalue weighted by Gasteiger charge is 2.52. The van der Waals surface area contributed by atoms with Gasteiger partial charge in [0.05, 0.1) is 36.4 Å². The van der Waals surface area contributed by atoms with Crippen LogP contribution in [0.2, 0.25) is 0 Å². The molecule has 220 valence electrons. The molecule has 12 heteroatoms. The Morgan fingerprint density at radius 1 is 1.05 bits per heavy atom. The zero-order valence-electron chi connectivity index (χ0n) is 23.1. The number of amides is 1. The lowest BCUT2D eigenvalue weighted by Crippen LogP contribution is -2.59. The zero-order valence-corrected chi connectivity index (χ0v) is 23.9. The molecule has 40 heavy (non-hydrogen) atoms. The van der Waals surface area contributed by atoms with Crippen LogP contribution in [-0.2, 0) is 27.4 Å². The Kier molecular flexibility index (Phi) is 8.72. The molecule has 0 saturated carbocycles. The van der Waals surface area contributed by atoms with Crippen molar-refractivity contribution >= 4 is 15.9 Å². The topological polar surface area (TPSA) is 88.2 Å². The molecule has 4 rings (SSSR count). The molecule has 2 aromatic rings. The Hall–Kier alpha value is -2.83. The average Bonchev–Trinajstić information content (AvgIpc) is 3.15. The van der Waals surface area contributed by atoms with Crippen molar-refractivity contribution in [3.8, 4) is 11.5 Å². The van der Waals surface area contributed by atoms with Crippen molar-refractivity contribution in [1.29, 1.82) is 0 Å². The van der Waals surface area contributed by atoms with Crippen LogP contribution in [-0.4, -0.2) is 69.1 Å². The Balaban J connectivity index is 1.54. The quantitative estimate of drug-likeness (QED) is 0.474. The van der Waals surface area contributed by atoms with Gasteiger partial charge in [-0.1, -0.05) is 26.0 Å². The van der Waals surface area contributed by atoms with Gasteiger partial charge in [0.25, 0.3) is 0 Å². The van der Waals surface area contributed by atoms with E-state index < -0.39 is 38.4 Å².